The second kappa shape index (κ2) is 5.35. The summed E-state index contributed by atoms with van der Waals surface area (Å²) >= 11 is 5.87. The SMILES string of the molecule is CC(Br)CCCI. The van der Waals surface area contributed by atoms with E-state index in [-0.39, 0.29) is 0 Å². The van der Waals surface area contributed by atoms with Gasteiger partial charge in [-0.2, -0.15) is 0 Å². The van der Waals surface area contributed by atoms with E-state index in [4.69, 9.17) is 0 Å². The number of hydrogen-bond acceptors (Lipinski definition) is 0. The van der Waals surface area contributed by atoms with Crippen molar-refractivity contribution in [2.75, 3.05) is 4.43 Å². The van der Waals surface area contributed by atoms with Gasteiger partial charge in [-0.3, -0.25) is 0 Å². The lowest BCUT2D eigenvalue weighted by Gasteiger charge is -1.96. The van der Waals surface area contributed by atoms with Crippen molar-refractivity contribution in [2.45, 2.75) is 24.6 Å². The zero-order valence-electron chi connectivity index (χ0n) is 4.45. The predicted molar refractivity (Wildman–Crippen MR) is 46.5 cm³/mol. The maximum absolute atomic E-state index is 3.47. The van der Waals surface area contributed by atoms with Gasteiger partial charge in [-0.25, -0.2) is 0 Å². The first-order chi connectivity index (χ1) is 3.27. The van der Waals surface area contributed by atoms with Gasteiger partial charge in [-0.1, -0.05) is 45.4 Å². The van der Waals surface area contributed by atoms with E-state index >= 15 is 0 Å². The molecule has 1 unspecified atom stereocenters. The maximum atomic E-state index is 3.47. The van der Waals surface area contributed by atoms with E-state index < -0.39 is 0 Å². The molecule has 0 radical (unpaired) electrons. The minimum Gasteiger partial charge on any atom is -0.0894 e. The quantitative estimate of drug-likeness (QED) is 0.549. The smallest absolute Gasteiger partial charge is 0.0117 e. The van der Waals surface area contributed by atoms with Crippen LogP contribution in [0.4, 0.5) is 0 Å². The summed E-state index contributed by atoms with van der Waals surface area (Å²) in [6.45, 7) is 2.19. The molecule has 0 aromatic carbocycles. The second-order valence-corrected chi connectivity index (χ2v) is 4.25. The molecule has 0 aliphatic heterocycles. The number of rotatable bonds is 3. The summed E-state index contributed by atoms with van der Waals surface area (Å²) in [5, 5.41) is 0. The highest BCUT2D eigenvalue weighted by Crippen LogP contribution is 2.06. The monoisotopic (exact) mass is 276 g/mol. The van der Waals surface area contributed by atoms with E-state index in [1.165, 1.54) is 17.3 Å². The predicted octanol–water partition coefficient (Wildman–Crippen LogP) is 2.99. The van der Waals surface area contributed by atoms with Gasteiger partial charge < -0.3 is 0 Å². The van der Waals surface area contributed by atoms with Crippen LogP contribution in [0.1, 0.15) is 19.8 Å². The lowest BCUT2D eigenvalue weighted by molar-refractivity contribution is 0.811. The van der Waals surface area contributed by atoms with Gasteiger partial charge in [0.2, 0.25) is 0 Å². The minimum atomic E-state index is 0.710. The van der Waals surface area contributed by atoms with Crippen molar-refractivity contribution in [3.05, 3.63) is 0 Å². The summed E-state index contributed by atoms with van der Waals surface area (Å²) in [5.74, 6) is 0. The Morgan fingerprint density at radius 2 is 2.29 bits per heavy atom. The molecule has 7 heavy (non-hydrogen) atoms. The number of alkyl halides is 2. The standard InChI is InChI=1S/C5H10BrI/c1-5(6)3-2-4-7/h5H,2-4H2,1H3. The molecule has 0 heterocycles. The van der Waals surface area contributed by atoms with Crippen molar-refractivity contribution in [3.8, 4) is 0 Å². The maximum Gasteiger partial charge on any atom is 0.0117 e. The summed E-state index contributed by atoms with van der Waals surface area (Å²) in [4.78, 5) is 0.710. The molecule has 0 aliphatic carbocycles. The summed E-state index contributed by atoms with van der Waals surface area (Å²) in [5.41, 5.74) is 0. The van der Waals surface area contributed by atoms with Crippen LogP contribution in [-0.4, -0.2) is 9.25 Å². The van der Waals surface area contributed by atoms with Crippen molar-refractivity contribution in [2.24, 2.45) is 0 Å². The molecule has 0 nitrogen and oxygen atoms in total. The van der Waals surface area contributed by atoms with Crippen molar-refractivity contribution in [3.63, 3.8) is 0 Å². The Bertz CT molecular complexity index is 37.1. The molecule has 0 aliphatic rings. The third-order valence-electron chi connectivity index (χ3n) is 0.736. The van der Waals surface area contributed by atoms with Crippen LogP contribution in [-0.2, 0) is 0 Å². The molecule has 0 amide bonds. The molecule has 0 rings (SSSR count). The Morgan fingerprint density at radius 1 is 1.71 bits per heavy atom. The van der Waals surface area contributed by atoms with Gasteiger partial charge in [-0.15, -0.1) is 0 Å². The first kappa shape index (κ1) is 8.21. The molecule has 2 heteroatoms. The van der Waals surface area contributed by atoms with Crippen LogP contribution in [0.3, 0.4) is 0 Å². The van der Waals surface area contributed by atoms with Crippen LogP contribution in [0, 0.1) is 0 Å². The molecule has 1 atom stereocenters. The molecule has 0 bridgehead atoms. The van der Waals surface area contributed by atoms with Crippen molar-refractivity contribution < 1.29 is 0 Å². The van der Waals surface area contributed by atoms with E-state index in [1.54, 1.807) is 0 Å². The van der Waals surface area contributed by atoms with Crippen molar-refractivity contribution in [1.82, 2.24) is 0 Å². The Morgan fingerprint density at radius 3 is 2.43 bits per heavy atom. The van der Waals surface area contributed by atoms with Gasteiger partial charge in [0.1, 0.15) is 0 Å². The lowest BCUT2D eigenvalue weighted by atomic mass is 10.3. The number of hydrogen-bond donors (Lipinski definition) is 0. The van der Waals surface area contributed by atoms with Crippen LogP contribution in [0.15, 0.2) is 0 Å². The molecule has 0 fully saturated rings. The van der Waals surface area contributed by atoms with E-state index in [2.05, 4.69) is 45.4 Å². The fraction of sp³-hybridized carbons (Fsp3) is 1.00. The average molecular weight is 277 g/mol. The molecule has 0 aromatic heterocycles. The molecular weight excluding hydrogens is 267 g/mol. The lowest BCUT2D eigenvalue weighted by Crippen LogP contribution is -1.88. The largest absolute Gasteiger partial charge is 0.0894 e. The van der Waals surface area contributed by atoms with Crippen LogP contribution in [0.2, 0.25) is 0 Å². The number of halogens is 2. The van der Waals surface area contributed by atoms with Gasteiger partial charge in [0.15, 0.2) is 0 Å². The highest BCUT2D eigenvalue weighted by Gasteiger charge is 1.91. The molecule has 0 N–H and O–H groups in total. The van der Waals surface area contributed by atoms with Gasteiger partial charge >= 0.3 is 0 Å². The minimum absolute atomic E-state index is 0.710. The summed E-state index contributed by atoms with van der Waals surface area (Å²) in [7, 11) is 0. The zero-order chi connectivity index (χ0) is 5.70. The highest BCUT2D eigenvalue weighted by molar-refractivity contribution is 14.1. The van der Waals surface area contributed by atoms with Gasteiger partial charge in [-0.05, 0) is 17.3 Å². The third kappa shape index (κ3) is 7.21. The summed E-state index contributed by atoms with van der Waals surface area (Å²) < 4.78 is 1.29. The second-order valence-electron chi connectivity index (χ2n) is 1.61. The van der Waals surface area contributed by atoms with Crippen LogP contribution >= 0.6 is 38.5 Å². The molecule has 0 spiro atoms. The third-order valence-corrected chi connectivity index (χ3v) is 1.96. The molecule has 0 aromatic rings. The summed E-state index contributed by atoms with van der Waals surface area (Å²) in [6.07, 6.45) is 2.65. The molecule has 44 valence electrons. The first-order valence-corrected chi connectivity index (χ1v) is 4.91. The molecular formula is C5H10BrI. The fourth-order valence-corrected chi connectivity index (χ4v) is 1.12. The van der Waals surface area contributed by atoms with E-state index in [9.17, 15) is 0 Å². The average Bonchev–Trinajstić information content (AvgIpc) is 1.61. The normalized spacial score (nSPS) is 14.1. The molecule has 0 saturated carbocycles. The Kier molecular flexibility index (Phi) is 6.27. The highest BCUT2D eigenvalue weighted by atomic mass is 127. The summed E-state index contributed by atoms with van der Waals surface area (Å²) in [6, 6.07) is 0. The van der Waals surface area contributed by atoms with Gasteiger partial charge in [0, 0.05) is 4.83 Å². The Labute approximate surface area is 67.3 Å². The zero-order valence-corrected chi connectivity index (χ0v) is 8.20. The van der Waals surface area contributed by atoms with Crippen LogP contribution in [0.25, 0.3) is 0 Å². The fourth-order valence-electron chi connectivity index (χ4n) is 0.358. The topological polar surface area (TPSA) is 0 Å². The van der Waals surface area contributed by atoms with Gasteiger partial charge in [0.25, 0.3) is 0 Å². The van der Waals surface area contributed by atoms with E-state index in [0.717, 1.165) is 0 Å². The first-order valence-electron chi connectivity index (χ1n) is 2.47. The Hall–Kier alpha value is 1.21. The molecule has 0 saturated heterocycles. The van der Waals surface area contributed by atoms with Crippen molar-refractivity contribution >= 4 is 38.5 Å². The van der Waals surface area contributed by atoms with E-state index in [0.29, 0.717) is 4.83 Å². The van der Waals surface area contributed by atoms with Gasteiger partial charge in [0.05, 0.1) is 0 Å². The van der Waals surface area contributed by atoms with E-state index in [1.807, 2.05) is 0 Å². The van der Waals surface area contributed by atoms with Crippen LogP contribution in [0.5, 0.6) is 0 Å². The Balaban J connectivity index is 2.68. The van der Waals surface area contributed by atoms with Crippen LogP contribution < -0.4 is 0 Å². The van der Waals surface area contributed by atoms with Crippen molar-refractivity contribution in [1.29, 1.82) is 0 Å².